The van der Waals surface area contributed by atoms with Gasteiger partial charge in [-0.1, -0.05) is 161 Å². The summed E-state index contributed by atoms with van der Waals surface area (Å²) in [7, 11) is 6.29. The van der Waals surface area contributed by atoms with Gasteiger partial charge >= 0.3 is 17.9 Å². The molecule has 3 N–H and O–H groups in total. The molecule has 3 aliphatic heterocycles. The quantitative estimate of drug-likeness (QED) is 0.0258. The van der Waals surface area contributed by atoms with Gasteiger partial charge < -0.3 is 80.6 Å². The highest BCUT2D eigenvalue weighted by Crippen LogP contribution is 2.53. The van der Waals surface area contributed by atoms with Gasteiger partial charge in [-0.2, -0.15) is 4.58 Å². The van der Waals surface area contributed by atoms with E-state index in [-0.39, 0.29) is 97.9 Å². The second kappa shape index (κ2) is 40.5. The number of hydrogen-bond donors (Lipinski definition) is 3. The minimum Gasteiger partial charge on any atom is -1.00 e. The van der Waals surface area contributed by atoms with E-state index in [1.807, 2.05) is 68.6 Å². The summed E-state index contributed by atoms with van der Waals surface area (Å²) in [5.41, 5.74) is 12.9. The maximum atomic E-state index is 11.9. The van der Waals surface area contributed by atoms with E-state index in [0.29, 0.717) is 6.42 Å². The highest BCUT2D eigenvalue weighted by molar-refractivity contribution is 14.1. The number of halogens is 9. The second-order valence-corrected chi connectivity index (χ2v) is 29.6. The monoisotopic (exact) mass is 2130 g/mol. The Labute approximate surface area is 657 Å². The molecule has 0 amide bonds. The molecule has 0 saturated carbocycles. The number of likely N-dealkylation sites (N-methyl/N-ethyl adjacent to an activating group) is 1. The van der Waals surface area contributed by atoms with Gasteiger partial charge in [0.25, 0.3) is 0 Å². The number of nitrogens with zero attached hydrogens (tertiary/aromatic N) is 3. The molecule has 0 spiro atoms. The van der Waals surface area contributed by atoms with Crippen LogP contribution in [0.1, 0.15) is 134 Å². The zero-order valence-corrected chi connectivity index (χ0v) is 69.1. The van der Waals surface area contributed by atoms with E-state index in [9.17, 15) is 19.5 Å². The predicted octanol–water partition coefficient (Wildman–Crippen LogP) is 11.2. The van der Waals surface area contributed by atoms with Crippen molar-refractivity contribution >= 4 is 188 Å². The van der Waals surface area contributed by atoms with Crippen molar-refractivity contribution in [1.82, 2.24) is 0 Å². The third-order valence-electron chi connectivity index (χ3n) is 16.3. The van der Waals surface area contributed by atoms with Crippen LogP contribution in [0.15, 0.2) is 176 Å². The molecule has 5 aromatic carbocycles. The fourth-order valence-electron chi connectivity index (χ4n) is 11.8. The number of unbranched alkanes of at least 4 members (excludes halogenated alkanes) is 4. The molecule has 0 radical (unpaired) electrons. The Hall–Kier alpha value is -2.04. The Balaban J connectivity index is 0.000000512. The summed E-state index contributed by atoms with van der Waals surface area (Å²) in [5, 5.41) is 27.6. The maximum absolute atomic E-state index is 11.9. The normalized spacial score (nSPS) is 18.5. The first kappa shape index (κ1) is 84.0. The predicted molar refractivity (Wildman–Crippen MR) is 413 cm³/mol. The molecule has 3 heterocycles. The number of aliphatic carboxylic acids is 3. The van der Waals surface area contributed by atoms with Crippen molar-refractivity contribution in [2.24, 2.45) is 0 Å². The van der Waals surface area contributed by atoms with Crippen LogP contribution in [-0.2, 0) is 37.0 Å². The summed E-state index contributed by atoms with van der Waals surface area (Å²) in [6.45, 7) is 8.88. The molecule has 5 aromatic rings. The number of carboxylic acid groups (broad SMARTS) is 3. The summed E-state index contributed by atoms with van der Waals surface area (Å²) < 4.78 is 11.7. The highest BCUT2D eigenvalue weighted by atomic mass is 127. The lowest BCUT2D eigenvalue weighted by atomic mass is 9.76. The van der Waals surface area contributed by atoms with E-state index >= 15 is 0 Å². The number of rotatable bonds is 23. The average Bonchev–Trinajstić information content (AvgIpc) is 1.86. The molecule has 9 nitrogen and oxygen atoms in total. The van der Waals surface area contributed by atoms with E-state index in [1.165, 1.54) is 59.3 Å². The first-order valence-electron chi connectivity index (χ1n) is 28.8. The smallest absolute Gasteiger partial charge is 0.304 e. The number of carboxylic acids is 3. The first-order chi connectivity index (χ1) is 40.9. The molecule has 3 atom stereocenters. The minimum atomic E-state index is -0.818. The van der Waals surface area contributed by atoms with Crippen LogP contribution in [0.5, 0.6) is 0 Å². The number of benzene rings is 5. The summed E-state index contributed by atoms with van der Waals surface area (Å²) in [6, 6.07) is 34.0. The number of hydrogen-bond acceptors (Lipinski definition) is 4. The van der Waals surface area contributed by atoms with Crippen molar-refractivity contribution in [3.8, 4) is 0 Å². The number of carbonyl (C=O) groups is 3. The van der Waals surface area contributed by atoms with Crippen LogP contribution in [-0.4, -0.2) is 74.9 Å². The summed E-state index contributed by atoms with van der Waals surface area (Å²) in [5.74, 6) is -2.24. The molecule has 0 bridgehead atoms. The van der Waals surface area contributed by atoms with Crippen LogP contribution in [0.3, 0.4) is 0 Å². The standard InChI is InChI=1S/C35H36I4N2O4.C19H18.C17H21I2NO2.CH4.ClH.2HI/c1-34(16-12-8-11-15-30(42)43)28(40(3)26-19-22(36)17-24(38)32(26)34)13-9-6-5-7-10-14-29-35(2,21-31(44)45)33-25(39)18-23(37)20-27(33)41(29)4;1(2-6-12-18-14-8-4-9-15-18)3-7-13-19-16-10-5-11-17-19;1-11-17(2,8-6-4-5-7-15(21)22)16-13(19)9-12(18)10-14(16)20(11)3;;;;/h5-7,9-10,13-14,17-20H,8,11-12,15-16,21H2,1-4H3,(H-,42,43,44,45);1-12,14-17H,13H2;9-10H,4-8H2,1-3H3;1H4;3*1H/p-1/b;2-1+,7-3+,12-6+;;;;;. The Kier molecular flexibility index (Phi) is 37.8. The van der Waals surface area contributed by atoms with Gasteiger partial charge in [0.15, 0.2) is 11.4 Å². The Morgan fingerprint density at radius 3 is 1.53 bits per heavy atom. The van der Waals surface area contributed by atoms with Crippen LogP contribution in [0.4, 0.5) is 17.1 Å². The molecular weight excluding hydrogens is 2050 g/mol. The fraction of sp³-hybridized carbons (Fsp3) is 0.319. The summed E-state index contributed by atoms with van der Waals surface area (Å²) in [6.07, 6.45) is 35.7. The lowest BCUT2D eigenvalue weighted by Crippen LogP contribution is -3.00. The molecular formula is C72H81ClI8N3O6-. The molecule has 90 heavy (non-hydrogen) atoms. The van der Waals surface area contributed by atoms with Crippen molar-refractivity contribution in [2.75, 3.05) is 26.0 Å². The van der Waals surface area contributed by atoms with Crippen molar-refractivity contribution in [2.45, 2.75) is 128 Å². The Bertz CT molecular complexity index is 3560. The van der Waals surface area contributed by atoms with Crippen LogP contribution in [0.25, 0.3) is 6.08 Å². The van der Waals surface area contributed by atoms with Crippen molar-refractivity contribution in [1.29, 1.82) is 0 Å². The molecule has 3 aliphatic rings. The molecule has 0 aliphatic carbocycles. The van der Waals surface area contributed by atoms with Crippen LogP contribution >= 0.6 is 136 Å². The molecule has 3 unspecified atom stereocenters. The Morgan fingerprint density at radius 2 is 0.989 bits per heavy atom. The van der Waals surface area contributed by atoms with E-state index in [0.717, 1.165) is 75.5 Å². The summed E-state index contributed by atoms with van der Waals surface area (Å²) in [4.78, 5) is 35.8. The van der Waals surface area contributed by atoms with Gasteiger partial charge in [-0.3, -0.25) is 14.4 Å². The number of fused-ring (bicyclic) bond motifs is 3. The molecule has 0 saturated heterocycles. The summed E-state index contributed by atoms with van der Waals surface area (Å²) >= 11 is 14.3. The van der Waals surface area contributed by atoms with Crippen LogP contribution in [0.2, 0.25) is 0 Å². The molecule has 0 aromatic heterocycles. The van der Waals surface area contributed by atoms with Crippen molar-refractivity contribution < 1.29 is 99.2 Å². The van der Waals surface area contributed by atoms with Gasteiger partial charge in [0.2, 0.25) is 11.4 Å². The molecule has 18 heteroatoms. The van der Waals surface area contributed by atoms with E-state index in [2.05, 4.69) is 306 Å². The van der Waals surface area contributed by atoms with Crippen LogP contribution < -0.4 is 65.3 Å². The van der Waals surface area contributed by atoms with Gasteiger partial charge in [-0.25, -0.2) is 4.58 Å². The van der Waals surface area contributed by atoms with Gasteiger partial charge in [0.1, 0.15) is 14.1 Å². The lowest BCUT2D eigenvalue weighted by Gasteiger charge is -2.29. The SMILES string of the molecule is C.C(=C\C=C\c1ccccc1)/C=C/Cc1ccccc1.CC1=[N+](C)c2cc(I)cc(I)c2C1(C)CCCCCC(=O)O.CN1C(=CC=CC=CC=CC2=[N+](C)c3cc(I)cc(I)c3C2(C)CC(=O)O)C(C)(CCCCCC(=O)O)c2c(I)cc(I)cc21.[Cl-].[I-].[I-]. The van der Waals surface area contributed by atoms with Crippen molar-refractivity contribution in [3.63, 3.8) is 0 Å². The third kappa shape index (κ3) is 22.8. The zero-order chi connectivity index (χ0) is 62.8. The second-order valence-electron chi connectivity index (χ2n) is 22.4. The Morgan fingerprint density at radius 1 is 0.533 bits per heavy atom. The van der Waals surface area contributed by atoms with Gasteiger partial charge in [0.05, 0.1) is 28.4 Å². The first-order valence-corrected chi connectivity index (χ1v) is 35.3. The van der Waals surface area contributed by atoms with Crippen LogP contribution in [0, 0.1) is 21.4 Å². The number of anilines is 1. The third-order valence-corrected chi connectivity index (χ3v) is 20.8. The average molecular weight is 2140 g/mol. The number of allylic oxidation sites excluding steroid dienone is 13. The largest absolute Gasteiger partial charge is 1.00 e. The zero-order valence-electron chi connectivity index (χ0n) is 51.0. The molecule has 484 valence electrons. The van der Waals surface area contributed by atoms with Gasteiger partial charge in [-0.15, -0.1) is 0 Å². The fourth-order valence-corrected chi connectivity index (χ4v) is 19.1. The van der Waals surface area contributed by atoms with E-state index in [1.54, 1.807) is 0 Å². The van der Waals surface area contributed by atoms with E-state index < -0.39 is 23.3 Å². The molecule has 8 rings (SSSR count). The van der Waals surface area contributed by atoms with Crippen molar-refractivity contribution in [3.05, 3.63) is 225 Å². The van der Waals surface area contributed by atoms with Gasteiger partial charge in [-0.05, 0) is 230 Å². The topological polar surface area (TPSA) is 121 Å². The van der Waals surface area contributed by atoms with E-state index in [4.69, 9.17) is 10.2 Å². The molecule has 0 fully saturated rings. The van der Waals surface area contributed by atoms with Gasteiger partial charge in [0, 0.05) is 88.8 Å². The minimum absolute atomic E-state index is 0. The lowest BCUT2D eigenvalue weighted by molar-refractivity contribution is -0.403. The maximum Gasteiger partial charge on any atom is 0.304 e. The highest BCUT2D eigenvalue weighted by Gasteiger charge is 2.50.